The smallest absolute Gasteiger partial charge is 0.191 e. The van der Waals surface area contributed by atoms with Crippen molar-refractivity contribution in [3.8, 4) is 0 Å². The van der Waals surface area contributed by atoms with Gasteiger partial charge in [0.05, 0.1) is 0 Å². The molecule has 0 bridgehead atoms. The molecular formula is C13H24N4S. The SMILES string of the molecule is CCNc1cc(NCC(CC)CC)nc(SC)n1. The summed E-state index contributed by atoms with van der Waals surface area (Å²) in [4.78, 5) is 8.89. The maximum atomic E-state index is 4.48. The minimum atomic E-state index is 0.709. The van der Waals surface area contributed by atoms with Gasteiger partial charge in [0.1, 0.15) is 11.6 Å². The van der Waals surface area contributed by atoms with Gasteiger partial charge in [0.2, 0.25) is 0 Å². The predicted octanol–water partition coefficient (Wildman–Crippen LogP) is 3.48. The van der Waals surface area contributed by atoms with E-state index in [1.54, 1.807) is 11.8 Å². The summed E-state index contributed by atoms with van der Waals surface area (Å²) in [6.07, 6.45) is 4.39. The molecule has 102 valence electrons. The summed E-state index contributed by atoms with van der Waals surface area (Å²) in [6.45, 7) is 8.37. The molecule has 0 aliphatic carbocycles. The van der Waals surface area contributed by atoms with Gasteiger partial charge in [-0.05, 0) is 19.1 Å². The van der Waals surface area contributed by atoms with Crippen LogP contribution in [-0.4, -0.2) is 29.3 Å². The van der Waals surface area contributed by atoms with Crippen molar-refractivity contribution in [3.63, 3.8) is 0 Å². The van der Waals surface area contributed by atoms with E-state index in [9.17, 15) is 0 Å². The number of hydrogen-bond acceptors (Lipinski definition) is 5. The average molecular weight is 268 g/mol. The third kappa shape index (κ3) is 4.72. The molecule has 0 amide bonds. The van der Waals surface area contributed by atoms with Crippen LogP contribution in [0.5, 0.6) is 0 Å². The van der Waals surface area contributed by atoms with Gasteiger partial charge in [-0.2, -0.15) is 0 Å². The van der Waals surface area contributed by atoms with E-state index < -0.39 is 0 Å². The summed E-state index contributed by atoms with van der Waals surface area (Å²) < 4.78 is 0. The first-order valence-electron chi connectivity index (χ1n) is 6.64. The van der Waals surface area contributed by atoms with Crippen LogP contribution in [-0.2, 0) is 0 Å². The summed E-state index contributed by atoms with van der Waals surface area (Å²) in [5.41, 5.74) is 0. The minimum Gasteiger partial charge on any atom is -0.370 e. The molecule has 1 aromatic heterocycles. The van der Waals surface area contributed by atoms with Gasteiger partial charge in [-0.3, -0.25) is 0 Å². The van der Waals surface area contributed by atoms with Crippen LogP contribution in [0.15, 0.2) is 11.2 Å². The van der Waals surface area contributed by atoms with Gasteiger partial charge in [-0.25, -0.2) is 9.97 Å². The summed E-state index contributed by atoms with van der Waals surface area (Å²) >= 11 is 1.57. The highest BCUT2D eigenvalue weighted by Crippen LogP contribution is 2.18. The first-order chi connectivity index (χ1) is 8.73. The number of thioether (sulfide) groups is 1. The Kier molecular flexibility index (Phi) is 6.86. The first-order valence-corrected chi connectivity index (χ1v) is 7.86. The topological polar surface area (TPSA) is 49.8 Å². The first kappa shape index (κ1) is 15.1. The van der Waals surface area contributed by atoms with Gasteiger partial charge < -0.3 is 10.6 Å². The molecular weight excluding hydrogens is 244 g/mol. The number of rotatable bonds is 8. The van der Waals surface area contributed by atoms with Crippen molar-refractivity contribution in [2.45, 2.75) is 38.8 Å². The van der Waals surface area contributed by atoms with E-state index in [1.165, 1.54) is 12.8 Å². The molecule has 0 atom stereocenters. The van der Waals surface area contributed by atoms with Crippen LogP contribution in [0.4, 0.5) is 11.6 Å². The zero-order valence-electron chi connectivity index (χ0n) is 11.8. The van der Waals surface area contributed by atoms with Gasteiger partial charge in [-0.15, -0.1) is 0 Å². The number of nitrogens with one attached hydrogen (secondary N) is 2. The van der Waals surface area contributed by atoms with Crippen molar-refractivity contribution >= 4 is 23.4 Å². The molecule has 0 saturated heterocycles. The molecule has 0 spiro atoms. The zero-order valence-corrected chi connectivity index (χ0v) is 12.6. The molecule has 0 saturated carbocycles. The lowest BCUT2D eigenvalue weighted by Crippen LogP contribution is -2.14. The van der Waals surface area contributed by atoms with Crippen molar-refractivity contribution in [1.29, 1.82) is 0 Å². The monoisotopic (exact) mass is 268 g/mol. The lowest BCUT2D eigenvalue weighted by molar-refractivity contribution is 0.518. The molecule has 5 heteroatoms. The van der Waals surface area contributed by atoms with Gasteiger partial charge in [-0.1, -0.05) is 38.5 Å². The summed E-state index contributed by atoms with van der Waals surface area (Å²) in [5.74, 6) is 2.52. The third-order valence-corrected chi connectivity index (χ3v) is 3.52. The Bertz CT molecular complexity index is 353. The Morgan fingerprint density at radius 3 is 2.22 bits per heavy atom. The Labute approximate surface area is 114 Å². The van der Waals surface area contributed by atoms with Gasteiger partial charge in [0.15, 0.2) is 5.16 Å². The van der Waals surface area contributed by atoms with E-state index in [4.69, 9.17) is 0 Å². The maximum absolute atomic E-state index is 4.48. The quantitative estimate of drug-likeness (QED) is 0.558. The number of nitrogens with zero attached hydrogens (tertiary/aromatic N) is 2. The second-order valence-corrected chi connectivity index (χ2v) is 4.99. The Morgan fingerprint density at radius 1 is 1.11 bits per heavy atom. The summed E-state index contributed by atoms with van der Waals surface area (Å²) in [6, 6.07) is 1.98. The predicted molar refractivity (Wildman–Crippen MR) is 80.5 cm³/mol. The Hall–Kier alpha value is -0.970. The molecule has 2 N–H and O–H groups in total. The molecule has 1 heterocycles. The minimum absolute atomic E-state index is 0.709. The second-order valence-electron chi connectivity index (χ2n) is 4.22. The van der Waals surface area contributed by atoms with E-state index in [2.05, 4.69) is 41.4 Å². The molecule has 0 aliphatic heterocycles. The van der Waals surface area contributed by atoms with Gasteiger partial charge in [0, 0.05) is 19.2 Å². The number of anilines is 2. The summed E-state index contributed by atoms with van der Waals surface area (Å²) in [7, 11) is 0. The molecule has 18 heavy (non-hydrogen) atoms. The normalized spacial score (nSPS) is 10.7. The number of hydrogen-bond donors (Lipinski definition) is 2. The molecule has 1 rings (SSSR count). The zero-order chi connectivity index (χ0) is 13.4. The highest BCUT2D eigenvalue weighted by molar-refractivity contribution is 7.98. The fraction of sp³-hybridized carbons (Fsp3) is 0.692. The summed E-state index contributed by atoms with van der Waals surface area (Å²) in [5, 5.41) is 7.46. The van der Waals surface area contributed by atoms with Crippen LogP contribution >= 0.6 is 11.8 Å². The highest BCUT2D eigenvalue weighted by atomic mass is 32.2. The second kappa shape index (κ2) is 8.19. The van der Waals surface area contributed by atoms with E-state index in [0.29, 0.717) is 5.92 Å². The fourth-order valence-electron chi connectivity index (χ4n) is 1.70. The van der Waals surface area contributed by atoms with E-state index in [0.717, 1.165) is 29.9 Å². The Morgan fingerprint density at radius 2 is 1.72 bits per heavy atom. The highest BCUT2D eigenvalue weighted by Gasteiger charge is 2.06. The van der Waals surface area contributed by atoms with Crippen molar-refractivity contribution < 1.29 is 0 Å². The molecule has 4 nitrogen and oxygen atoms in total. The van der Waals surface area contributed by atoms with Crippen LogP contribution in [0.25, 0.3) is 0 Å². The van der Waals surface area contributed by atoms with Crippen LogP contribution in [0, 0.1) is 5.92 Å². The molecule has 0 radical (unpaired) electrons. The lowest BCUT2D eigenvalue weighted by Gasteiger charge is -2.14. The van der Waals surface area contributed by atoms with Crippen molar-refractivity contribution in [1.82, 2.24) is 9.97 Å². The molecule has 0 unspecified atom stereocenters. The van der Waals surface area contributed by atoms with E-state index in [-0.39, 0.29) is 0 Å². The fourth-order valence-corrected chi connectivity index (χ4v) is 2.08. The maximum Gasteiger partial charge on any atom is 0.191 e. The van der Waals surface area contributed by atoms with Crippen molar-refractivity contribution in [3.05, 3.63) is 6.07 Å². The largest absolute Gasteiger partial charge is 0.370 e. The van der Waals surface area contributed by atoms with E-state index in [1.807, 2.05) is 12.3 Å². The molecule has 0 fully saturated rings. The van der Waals surface area contributed by atoms with Crippen LogP contribution in [0.3, 0.4) is 0 Å². The third-order valence-electron chi connectivity index (χ3n) is 2.97. The van der Waals surface area contributed by atoms with Crippen molar-refractivity contribution in [2.75, 3.05) is 30.0 Å². The molecule has 1 aromatic rings. The number of aromatic nitrogens is 2. The van der Waals surface area contributed by atoms with Gasteiger partial charge in [0.25, 0.3) is 0 Å². The molecule has 0 aliphatic rings. The molecule has 0 aromatic carbocycles. The van der Waals surface area contributed by atoms with E-state index >= 15 is 0 Å². The van der Waals surface area contributed by atoms with Crippen molar-refractivity contribution in [2.24, 2.45) is 5.92 Å². The van der Waals surface area contributed by atoms with Crippen LogP contribution < -0.4 is 10.6 Å². The standard InChI is InChI=1S/C13H24N4S/c1-5-10(6-2)9-15-12-8-11(14-7-3)16-13(17-12)18-4/h8,10H,5-7,9H2,1-4H3,(H2,14,15,16,17). The van der Waals surface area contributed by atoms with Crippen LogP contribution in [0.1, 0.15) is 33.6 Å². The van der Waals surface area contributed by atoms with Crippen LogP contribution in [0.2, 0.25) is 0 Å². The average Bonchev–Trinajstić information content (AvgIpc) is 2.40. The lowest BCUT2D eigenvalue weighted by atomic mass is 10.0. The van der Waals surface area contributed by atoms with Gasteiger partial charge >= 0.3 is 0 Å². The Balaban J connectivity index is 2.71.